The highest BCUT2D eigenvalue weighted by molar-refractivity contribution is 5.92. The van der Waals surface area contributed by atoms with Gasteiger partial charge in [0, 0.05) is 31.1 Å². The van der Waals surface area contributed by atoms with Crippen LogP contribution in [0.25, 0.3) is 10.8 Å². The molecule has 3 rings (SSSR count). The standard InChI is InChI=1S/C20H24FN3O3/c21-16-4-5-17-15(12-16)6-9-23-20(17)24-10-7-14(8-11-24)2-1-3-19(26)27-13-18(22)25/h4-6,9,12,14H,1-3,7-8,10-11,13H2,(H2,22,25). The van der Waals surface area contributed by atoms with Gasteiger partial charge in [-0.1, -0.05) is 0 Å². The van der Waals surface area contributed by atoms with Crippen LogP contribution in [-0.4, -0.2) is 36.6 Å². The molecule has 7 heteroatoms. The average Bonchev–Trinajstić information content (AvgIpc) is 2.66. The van der Waals surface area contributed by atoms with E-state index in [9.17, 15) is 14.0 Å². The van der Waals surface area contributed by atoms with Gasteiger partial charge in [0.2, 0.25) is 0 Å². The number of nitrogens with two attached hydrogens (primary N) is 1. The molecule has 6 nitrogen and oxygen atoms in total. The molecule has 2 aromatic rings. The highest BCUT2D eigenvalue weighted by atomic mass is 19.1. The summed E-state index contributed by atoms with van der Waals surface area (Å²) in [6.07, 6.45) is 5.78. The van der Waals surface area contributed by atoms with Crippen molar-refractivity contribution >= 4 is 28.5 Å². The summed E-state index contributed by atoms with van der Waals surface area (Å²) in [4.78, 5) is 28.8. The summed E-state index contributed by atoms with van der Waals surface area (Å²) in [5, 5.41) is 1.83. The number of benzene rings is 1. The Morgan fingerprint density at radius 1 is 1.26 bits per heavy atom. The molecule has 27 heavy (non-hydrogen) atoms. The van der Waals surface area contributed by atoms with Crippen molar-refractivity contribution in [1.82, 2.24) is 4.98 Å². The third kappa shape index (κ3) is 5.15. The maximum absolute atomic E-state index is 13.4. The second-order valence-electron chi connectivity index (χ2n) is 6.95. The molecule has 0 spiro atoms. The average molecular weight is 373 g/mol. The number of anilines is 1. The van der Waals surface area contributed by atoms with Crippen LogP contribution in [-0.2, 0) is 14.3 Å². The number of esters is 1. The number of aromatic nitrogens is 1. The van der Waals surface area contributed by atoms with Crippen molar-refractivity contribution in [2.75, 3.05) is 24.6 Å². The monoisotopic (exact) mass is 373 g/mol. The Kier molecular flexibility index (Phi) is 6.21. The third-order valence-corrected chi connectivity index (χ3v) is 4.99. The Labute approximate surface area is 157 Å². The van der Waals surface area contributed by atoms with E-state index in [-0.39, 0.29) is 18.4 Å². The van der Waals surface area contributed by atoms with Crippen molar-refractivity contribution in [3.05, 3.63) is 36.3 Å². The van der Waals surface area contributed by atoms with Gasteiger partial charge >= 0.3 is 5.97 Å². The summed E-state index contributed by atoms with van der Waals surface area (Å²) >= 11 is 0. The van der Waals surface area contributed by atoms with Gasteiger partial charge in [-0.05, 0) is 61.3 Å². The largest absolute Gasteiger partial charge is 0.456 e. The molecule has 1 aromatic carbocycles. The van der Waals surface area contributed by atoms with E-state index >= 15 is 0 Å². The summed E-state index contributed by atoms with van der Waals surface area (Å²) in [6, 6.07) is 6.62. The van der Waals surface area contributed by atoms with E-state index in [1.807, 2.05) is 6.07 Å². The van der Waals surface area contributed by atoms with Gasteiger partial charge in [0.25, 0.3) is 5.91 Å². The molecular weight excluding hydrogens is 349 g/mol. The van der Waals surface area contributed by atoms with E-state index in [1.54, 1.807) is 12.3 Å². The van der Waals surface area contributed by atoms with E-state index in [0.717, 1.165) is 55.4 Å². The highest BCUT2D eigenvalue weighted by Crippen LogP contribution is 2.30. The molecule has 144 valence electrons. The van der Waals surface area contributed by atoms with E-state index < -0.39 is 5.91 Å². The fourth-order valence-electron chi connectivity index (χ4n) is 3.58. The number of rotatable bonds is 7. The quantitative estimate of drug-likeness (QED) is 0.755. The minimum absolute atomic E-state index is 0.243. The molecule has 2 N–H and O–H groups in total. The number of halogens is 1. The van der Waals surface area contributed by atoms with Gasteiger partial charge in [-0.3, -0.25) is 9.59 Å². The van der Waals surface area contributed by atoms with Crippen LogP contribution in [0.1, 0.15) is 32.1 Å². The lowest BCUT2D eigenvalue weighted by atomic mass is 9.91. The number of carbonyl (C=O) groups is 2. The number of carbonyl (C=O) groups excluding carboxylic acids is 2. The summed E-state index contributed by atoms with van der Waals surface area (Å²) in [6.45, 7) is 1.43. The number of piperidine rings is 1. The predicted molar refractivity (Wildman–Crippen MR) is 101 cm³/mol. The topological polar surface area (TPSA) is 85.5 Å². The minimum atomic E-state index is -0.638. The first-order valence-electron chi connectivity index (χ1n) is 9.26. The number of primary amides is 1. The van der Waals surface area contributed by atoms with Crippen molar-refractivity contribution in [1.29, 1.82) is 0 Å². The molecule has 0 radical (unpaired) electrons. The van der Waals surface area contributed by atoms with Crippen molar-refractivity contribution in [3.63, 3.8) is 0 Å². The van der Waals surface area contributed by atoms with E-state index in [4.69, 9.17) is 10.5 Å². The molecule has 1 fully saturated rings. The van der Waals surface area contributed by atoms with Crippen LogP contribution in [0.5, 0.6) is 0 Å². The molecule has 1 aromatic heterocycles. The lowest BCUT2D eigenvalue weighted by Gasteiger charge is -2.33. The van der Waals surface area contributed by atoms with Crippen molar-refractivity contribution < 1.29 is 18.7 Å². The molecule has 0 unspecified atom stereocenters. The van der Waals surface area contributed by atoms with Crippen molar-refractivity contribution in [3.8, 4) is 0 Å². The van der Waals surface area contributed by atoms with Gasteiger partial charge in [-0.15, -0.1) is 0 Å². The summed E-state index contributed by atoms with van der Waals surface area (Å²) < 4.78 is 18.2. The zero-order valence-electron chi connectivity index (χ0n) is 15.2. The number of pyridine rings is 1. The maximum Gasteiger partial charge on any atom is 0.306 e. The number of ether oxygens (including phenoxy) is 1. The van der Waals surface area contributed by atoms with Crippen LogP contribution in [0, 0.1) is 11.7 Å². The van der Waals surface area contributed by atoms with Gasteiger partial charge in [-0.2, -0.15) is 0 Å². The van der Waals surface area contributed by atoms with Crippen LogP contribution >= 0.6 is 0 Å². The second kappa shape index (κ2) is 8.79. The number of fused-ring (bicyclic) bond motifs is 1. The fourth-order valence-corrected chi connectivity index (χ4v) is 3.58. The van der Waals surface area contributed by atoms with E-state index in [2.05, 4.69) is 9.88 Å². The Balaban J connectivity index is 1.48. The molecule has 1 saturated heterocycles. The molecule has 1 amide bonds. The minimum Gasteiger partial charge on any atom is -0.456 e. The first kappa shape index (κ1) is 19.1. The summed E-state index contributed by atoms with van der Waals surface area (Å²) in [5.74, 6) is 0.199. The van der Waals surface area contributed by atoms with Crippen molar-refractivity contribution in [2.24, 2.45) is 11.7 Å². The third-order valence-electron chi connectivity index (χ3n) is 4.99. The van der Waals surface area contributed by atoms with Crippen LogP contribution in [0.2, 0.25) is 0 Å². The highest BCUT2D eigenvalue weighted by Gasteiger charge is 2.21. The van der Waals surface area contributed by atoms with Crippen LogP contribution in [0.4, 0.5) is 10.2 Å². The maximum atomic E-state index is 13.4. The molecule has 0 atom stereocenters. The molecule has 2 heterocycles. The lowest BCUT2D eigenvalue weighted by molar-refractivity contribution is -0.147. The molecule has 0 aliphatic carbocycles. The van der Waals surface area contributed by atoms with Gasteiger partial charge < -0.3 is 15.4 Å². The van der Waals surface area contributed by atoms with Gasteiger partial charge in [0.15, 0.2) is 6.61 Å². The first-order valence-corrected chi connectivity index (χ1v) is 9.26. The van der Waals surface area contributed by atoms with E-state index in [0.29, 0.717) is 12.3 Å². The van der Waals surface area contributed by atoms with Gasteiger partial charge in [-0.25, -0.2) is 9.37 Å². The Bertz CT molecular complexity index is 819. The molecule has 0 bridgehead atoms. The van der Waals surface area contributed by atoms with Crippen LogP contribution in [0.3, 0.4) is 0 Å². The van der Waals surface area contributed by atoms with Gasteiger partial charge in [0.1, 0.15) is 11.6 Å². The van der Waals surface area contributed by atoms with E-state index in [1.165, 1.54) is 12.1 Å². The van der Waals surface area contributed by atoms with Crippen LogP contribution in [0.15, 0.2) is 30.5 Å². The lowest BCUT2D eigenvalue weighted by Crippen LogP contribution is -2.34. The van der Waals surface area contributed by atoms with Crippen molar-refractivity contribution in [2.45, 2.75) is 32.1 Å². The molecule has 1 aliphatic rings. The Morgan fingerprint density at radius 2 is 2.04 bits per heavy atom. The summed E-state index contributed by atoms with van der Waals surface area (Å²) in [7, 11) is 0. The first-order chi connectivity index (χ1) is 13.0. The SMILES string of the molecule is NC(=O)COC(=O)CCCC1CCN(c2nccc3cc(F)ccc23)CC1. The van der Waals surface area contributed by atoms with Crippen LogP contribution < -0.4 is 10.6 Å². The number of hydrogen-bond acceptors (Lipinski definition) is 5. The molecule has 0 saturated carbocycles. The smallest absolute Gasteiger partial charge is 0.306 e. The normalized spacial score (nSPS) is 15.1. The van der Waals surface area contributed by atoms with Gasteiger partial charge in [0.05, 0.1) is 0 Å². The Morgan fingerprint density at radius 3 is 2.78 bits per heavy atom. The zero-order chi connectivity index (χ0) is 19.2. The zero-order valence-corrected chi connectivity index (χ0v) is 15.2. The number of hydrogen-bond donors (Lipinski definition) is 1. The predicted octanol–water partition coefficient (Wildman–Crippen LogP) is 2.79. The summed E-state index contributed by atoms with van der Waals surface area (Å²) in [5.41, 5.74) is 4.94. The number of amides is 1. The molecular formula is C20H24FN3O3. The second-order valence-corrected chi connectivity index (χ2v) is 6.95. The molecule has 1 aliphatic heterocycles. The Hall–Kier alpha value is -2.70. The fraction of sp³-hybridized carbons (Fsp3) is 0.450. The number of nitrogens with zero attached hydrogens (tertiary/aromatic N) is 2.